The summed E-state index contributed by atoms with van der Waals surface area (Å²) >= 11 is 1.38. The summed E-state index contributed by atoms with van der Waals surface area (Å²) < 4.78 is 1.82. The predicted molar refractivity (Wildman–Crippen MR) is 109 cm³/mol. The molecule has 0 radical (unpaired) electrons. The number of imidazole rings is 1. The van der Waals surface area contributed by atoms with Gasteiger partial charge >= 0.3 is 0 Å². The first kappa shape index (κ1) is 16.4. The maximum Gasteiger partial charge on any atom is 0.275 e. The van der Waals surface area contributed by atoms with E-state index in [-0.39, 0.29) is 5.91 Å². The fourth-order valence-electron chi connectivity index (χ4n) is 3.02. The second kappa shape index (κ2) is 6.75. The highest BCUT2D eigenvalue weighted by Gasteiger charge is 2.15. The lowest BCUT2D eigenvalue weighted by molar-refractivity contribution is 0.102. The minimum atomic E-state index is -0.257. The summed E-state index contributed by atoms with van der Waals surface area (Å²) in [6.45, 7) is 0. The van der Waals surface area contributed by atoms with Gasteiger partial charge in [-0.1, -0.05) is 24.3 Å². The molecule has 0 aliphatic rings. The Kier molecular flexibility index (Phi) is 3.95. The van der Waals surface area contributed by atoms with E-state index >= 15 is 0 Å². The summed E-state index contributed by atoms with van der Waals surface area (Å²) in [5, 5.41) is 9.02. The predicted octanol–water partition coefficient (Wildman–Crippen LogP) is 4.12. The average molecular weight is 386 g/mol. The van der Waals surface area contributed by atoms with E-state index in [1.807, 2.05) is 59.3 Å². The van der Waals surface area contributed by atoms with Gasteiger partial charge in [0.15, 0.2) is 5.82 Å². The maximum absolute atomic E-state index is 12.4. The van der Waals surface area contributed by atoms with Gasteiger partial charge < -0.3 is 10.3 Å². The molecule has 3 aromatic heterocycles. The quantitative estimate of drug-likeness (QED) is 0.486. The van der Waals surface area contributed by atoms with Crippen LogP contribution in [0.1, 0.15) is 10.5 Å². The molecule has 8 heteroatoms. The molecule has 2 N–H and O–H groups in total. The van der Waals surface area contributed by atoms with Gasteiger partial charge in [-0.2, -0.15) is 5.10 Å². The first-order valence-electron chi connectivity index (χ1n) is 8.58. The van der Waals surface area contributed by atoms with Crippen LogP contribution >= 0.6 is 11.3 Å². The number of nitrogens with zero attached hydrogens (tertiary/aromatic N) is 4. The van der Waals surface area contributed by atoms with E-state index < -0.39 is 0 Å². The van der Waals surface area contributed by atoms with E-state index in [9.17, 15) is 4.79 Å². The van der Waals surface area contributed by atoms with Crippen LogP contribution in [0, 0.1) is 0 Å². The number of anilines is 1. The van der Waals surface area contributed by atoms with E-state index in [1.165, 1.54) is 11.3 Å². The molecule has 28 heavy (non-hydrogen) atoms. The largest absolute Gasteiger partial charge is 0.337 e. The molecule has 0 saturated heterocycles. The monoisotopic (exact) mass is 386 g/mol. The Morgan fingerprint density at radius 1 is 1.07 bits per heavy atom. The number of H-pyrrole nitrogens is 1. The van der Waals surface area contributed by atoms with Crippen LogP contribution < -0.4 is 5.32 Å². The number of nitrogens with one attached hydrogen (secondary N) is 2. The zero-order chi connectivity index (χ0) is 18.9. The van der Waals surface area contributed by atoms with Gasteiger partial charge in [-0.15, -0.1) is 11.3 Å². The first-order chi connectivity index (χ1) is 13.8. The number of carbonyl (C=O) groups is 1. The van der Waals surface area contributed by atoms with Gasteiger partial charge in [0.1, 0.15) is 16.9 Å². The van der Waals surface area contributed by atoms with Crippen molar-refractivity contribution in [3.8, 4) is 17.2 Å². The van der Waals surface area contributed by atoms with Gasteiger partial charge in [0.25, 0.3) is 5.91 Å². The Labute approximate surface area is 163 Å². The topological polar surface area (TPSA) is 88.5 Å². The Morgan fingerprint density at radius 3 is 2.79 bits per heavy atom. The van der Waals surface area contributed by atoms with Crippen LogP contribution in [0.15, 0.2) is 71.7 Å². The Balaban J connectivity index is 1.55. The number of aromatic nitrogens is 5. The minimum Gasteiger partial charge on any atom is -0.337 e. The van der Waals surface area contributed by atoms with Crippen LogP contribution in [0.5, 0.6) is 0 Å². The number of para-hydroxylation sites is 2. The third-order valence-electron chi connectivity index (χ3n) is 4.31. The van der Waals surface area contributed by atoms with Crippen molar-refractivity contribution < 1.29 is 4.79 Å². The average Bonchev–Trinajstić information content (AvgIpc) is 3.48. The zero-order valence-electron chi connectivity index (χ0n) is 14.5. The lowest BCUT2D eigenvalue weighted by atomic mass is 10.2. The molecule has 5 rings (SSSR count). The van der Waals surface area contributed by atoms with E-state index in [0.717, 1.165) is 16.9 Å². The summed E-state index contributed by atoms with van der Waals surface area (Å²) in [5.41, 5.74) is 5.93. The van der Waals surface area contributed by atoms with Crippen molar-refractivity contribution in [3.63, 3.8) is 0 Å². The van der Waals surface area contributed by atoms with Gasteiger partial charge in [0.2, 0.25) is 0 Å². The van der Waals surface area contributed by atoms with Gasteiger partial charge in [0.05, 0.1) is 28.6 Å². The van der Waals surface area contributed by atoms with E-state index in [1.54, 1.807) is 17.1 Å². The Bertz CT molecular complexity index is 1260. The first-order valence-corrected chi connectivity index (χ1v) is 9.52. The van der Waals surface area contributed by atoms with Gasteiger partial charge in [-0.05, 0) is 30.3 Å². The van der Waals surface area contributed by atoms with Crippen molar-refractivity contribution in [1.29, 1.82) is 0 Å². The molecule has 136 valence electrons. The molecule has 7 nitrogen and oxygen atoms in total. The molecule has 0 aliphatic carbocycles. The number of amides is 1. The van der Waals surface area contributed by atoms with Crippen LogP contribution in [0.25, 0.3) is 28.2 Å². The Morgan fingerprint density at radius 2 is 1.96 bits per heavy atom. The smallest absolute Gasteiger partial charge is 0.275 e. The van der Waals surface area contributed by atoms with Crippen molar-refractivity contribution in [2.24, 2.45) is 0 Å². The normalized spacial score (nSPS) is 11.0. The van der Waals surface area contributed by atoms with Crippen LogP contribution in [0.2, 0.25) is 0 Å². The van der Waals surface area contributed by atoms with Gasteiger partial charge in [-0.25, -0.2) is 14.6 Å². The molecule has 2 aromatic carbocycles. The van der Waals surface area contributed by atoms with Crippen molar-refractivity contribution in [3.05, 3.63) is 77.4 Å². The molecule has 0 spiro atoms. The second-order valence-electron chi connectivity index (χ2n) is 6.08. The second-order valence-corrected chi connectivity index (χ2v) is 6.80. The number of hydrogen-bond acceptors (Lipinski definition) is 5. The van der Waals surface area contributed by atoms with Crippen molar-refractivity contribution in [2.45, 2.75) is 0 Å². The minimum absolute atomic E-state index is 0.257. The molecule has 3 heterocycles. The number of aromatic amines is 1. The third-order valence-corrected chi connectivity index (χ3v) is 4.90. The number of carbonyl (C=O) groups excluding carboxylic acids is 1. The summed E-state index contributed by atoms with van der Waals surface area (Å²) in [6.07, 6.45) is 1.74. The molecule has 1 amide bonds. The van der Waals surface area contributed by atoms with E-state index in [2.05, 4.69) is 20.4 Å². The number of thiazole rings is 1. The highest BCUT2D eigenvalue weighted by Crippen LogP contribution is 2.27. The molecule has 0 atom stereocenters. The van der Waals surface area contributed by atoms with Crippen molar-refractivity contribution in [2.75, 3.05) is 5.32 Å². The molecule has 0 aliphatic heterocycles. The van der Waals surface area contributed by atoms with Crippen LogP contribution in [-0.4, -0.2) is 30.6 Å². The lowest BCUT2D eigenvalue weighted by Crippen LogP contribution is -2.12. The molecular formula is C20H14N6OS. The maximum atomic E-state index is 12.4. The fraction of sp³-hybridized carbons (Fsp3) is 0. The summed E-state index contributed by atoms with van der Waals surface area (Å²) in [6, 6.07) is 17.4. The number of benzene rings is 2. The Hall–Kier alpha value is -3.78. The van der Waals surface area contributed by atoms with E-state index in [0.29, 0.717) is 22.7 Å². The highest BCUT2D eigenvalue weighted by molar-refractivity contribution is 7.07. The summed E-state index contributed by atoms with van der Waals surface area (Å²) in [7, 11) is 0. The summed E-state index contributed by atoms with van der Waals surface area (Å²) in [4.78, 5) is 24.5. The molecule has 5 aromatic rings. The number of hydrogen-bond donors (Lipinski definition) is 2. The zero-order valence-corrected chi connectivity index (χ0v) is 15.4. The van der Waals surface area contributed by atoms with Gasteiger partial charge in [-0.3, -0.25) is 4.79 Å². The van der Waals surface area contributed by atoms with Crippen LogP contribution in [0.4, 0.5) is 5.69 Å². The standard InChI is InChI=1S/C20H14N6OS/c27-20(16-11-28-12-21-16)24-15-8-4-7-14-18(15)25-19(23-14)17-9-10-22-26(17)13-5-2-1-3-6-13/h1-12H,(H,23,25)(H,24,27). The van der Waals surface area contributed by atoms with Crippen LogP contribution in [0.3, 0.4) is 0 Å². The molecule has 0 fully saturated rings. The SMILES string of the molecule is O=C(Nc1cccc2[nH]c(-c3ccnn3-c3ccccc3)nc12)c1cscn1. The van der Waals surface area contributed by atoms with Crippen molar-refractivity contribution >= 4 is 34.0 Å². The van der Waals surface area contributed by atoms with Crippen molar-refractivity contribution in [1.82, 2.24) is 24.7 Å². The fourth-order valence-corrected chi connectivity index (χ4v) is 3.56. The molecular weight excluding hydrogens is 372 g/mol. The molecule has 0 bridgehead atoms. The summed E-state index contributed by atoms with van der Waals surface area (Å²) in [5.74, 6) is 0.416. The highest BCUT2D eigenvalue weighted by atomic mass is 32.1. The number of fused-ring (bicyclic) bond motifs is 1. The van der Waals surface area contributed by atoms with Crippen LogP contribution in [-0.2, 0) is 0 Å². The third kappa shape index (κ3) is 2.85. The lowest BCUT2D eigenvalue weighted by Gasteiger charge is -2.05. The molecule has 0 unspecified atom stereocenters. The number of rotatable bonds is 4. The van der Waals surface area contributed by atoms with Gasteiger partial charge in [0, 0.05) is 5.38 Å². The van der Waals surface area contributed by atoms with E-state index in [4.69, 9.17) is 4.98 Å². The molecule has 0 saturated carbocycles.